The van der Waals surface area contributed by atoms with Gasteiger partial charge in [-0.25, -0.2) is 9.37 Å². The van der Waals surface area contributed by atoms with Crippen LogP contribution >= 0.6 is 0 Å². The van der Waals surface area contributed by atoms with Crippen molar-refractivity contribution >= 4 is 17.4 Å². The zero-order chi connectivity index (χ0) is 17.2. The Kier molecular flexibility index (Phi) is 4.10. The molecule has 4 rings (SSSR count). The number of amides is 1. The van der Waals surface area contributed by atoms with E-state index < -0.39 is 11.7 Å². The van der Waals surface area contributed by atoms with Gasteiger partial charge in [-0.3, -0.25) is 9.20 Å². The number of hydrogen-bond acceptors (Lipinski definition) is 5. The van der Waals surface area contributed by atoms with Crippen LogP contribution < -0.4 is 10.6 Å². The molecule has 0 spiro atoms. The van der Waals surface area contributed by atoms with Crippen molar-refractivity contribution in [3.8, 4) is 0 Å². The number of pyridine rings is 1. The molecule has 0 saturated carbocycles. The molecule has 0 radical (unpaired) electrons. The van der Waals surface area contributed by atoms with Gasteiger partial charge in [0, 0.05) is 6.20 Å². The van der Waals surface area contributed by atoms with Crippen LogP contribution in [0, 0.1) is 5.82 Å². The molecule has 0 aliphatic carbocycles. The van der Waals surface area contributed by atoms with Gasteiger partial charge in [-0.15, -0.1) is 5.10 Å². The van der Waals surface area contributed by atoms with E-state index in [1.54, 1.807) is 4.40 Å². The number of fused-ring (bicyclic) bond motifs is 1. The van der Waals surface area contributed by atoms with Crippen LogP contribution in [0.1, 0.15) is 34.8 Å². The van der Waals surface area contributed by atoms with Crippen molar-refractivity contribution in [3.05, 3.63) is 53.9 Å². The number of carbonyl (C=O) groups excluding carboxylic acids is 1. The van der Waals surface area contributed by atoms with Gasteiger partial charge in [0.1, 0.15) is 11.3 Å². The fourth-order valence-corrected chi connectivity index (χ4v) is 3.13. The second kappa shape index (κ2) is 6.56. The van der Waals surface area contributed by atoms with Crippen LogP contribution in [0.3, 0.4) is 0 Å². The van der Waals surface area contributed by atoms with E-state index in [0.29, 0.717) is 17.3 Å². The lowest BCUT2D eigenvalue weighted by atomic mass is 9.91. The van der Waals surface area contributed by atoms with Crippen LogP contribution in [0.5, 0.6) is 0 Å². The molecule has 1 aliphatic heterocycles. The predicted octanol–water partition coefficient (Wildman–Crippen LogP) is 1.98. The fourth-order valence-electron chi connectivity index (χ4n) is 3.13. The maximum Gasteiger partial charge on any atom is 0.275 e. The van der Waals surface area contributed by atoms with E-state index in [4.69, 9.17) is 0 Å². The molecule has 8 heteroatoms. The lowest BCUT2D eigenvalue weighted by molar-refractivity contribution is 0.102. The normalized spacial score (nSPS) is 15.4. The van der Waals surface area contributed by atoms with Crippen molar-refractivity contribution < 1.29 is 9.18 Å². The third-order valence-corrected chi connectivity index (χ3v) is 4.48. The minimum atomic E-state index is -0.632. The summed E-state index contributed by atoms with van der Waals surface area (Å²) in [7, 11) is 0. The number of carbonyl (C=O) groups is 1. The minimum absolute atomic E-state index is 0.197. The van der Waals surface area contributed by atoms with Gasteiger partial charge in [0.2, 0.25) is 0 Å². The van der Waals surface area contributed by atoms with Crippen molar-refractivity contribution in [2.45, 2.75) is 18.8 Å². The first kappa shape index (κ1) is 15.6. The average Bonchev–Trinajstić information content (AvgIpc) is 3.07. The van der Waals surface area contributed by atoms with Crippen LogP contribution in [-0.4, -0.2) is 38.6 Å². The van der Waals surface area contributed by atoms with Gasteiger partial charge < -0.3 is 10.6 Å². The number of aromatic nitrogens is 4. The summed E-state index contributed by atoms with van der Waals surface area (Å²) >= 11 is 0. The molecule has 2 N–H and O–H groups in total. The molecule has 1 amide bonds. The molecular formula is C17H17FN6O. The van der Waals surface area contributed by atoms with Gasteiger partial charge in [0.25, 0.3) is 5.91 Å². The molecule has 0 aromatic carbocycles. The Labute approximate surface area is 143 Å². The van der Waals surface area contributed by atoms with Gasteiger partial charge in [0.05, 0.1) is 12.4 Å². The second-order valence-corrected chi connectivity index (χ2v) is 6.04. The number of rotatable bonds is 3. The molecule has 1 aliphatic rings. The number of halogens is 1. The van der Waals surface area contributed by atoms with E-state index in [-0.39, 0.29) is 5.82 Å². The van der Waals surface area contributed by atoms with E-state index in [1.807, 2.05) is 12.3 Å². The van der Waals surface area contributed by atoms with E-state index in [1.165, 1.54) is 18.0 Å². The summed E-state index contributed by atoms with van der Waals surface area (Å²) in [5.74, 6) is -0.847. The minimum Gasteiger partial charge on any atom is -0.317 e. The average molecular weight is 340 g/mol. The highest BCUT2D eigenvalue weighted by atomic mass is 19.1. The molecular weight excluding hydrogens is 323 g/mol. The first-order chi connectivity index (χ1) is 12.2. The molecule has 4 heterocycles. The molecule has 0 unspecified atom stereocenters. The Balaban J connectivity index is 1.65. The fraction of sp³-hybridized carbons (Fsp3) is 0.294. The number of imidazole rings is 1. The first-order valence-corrected chi connectivity index (χ1v) is 8.18. The molecule has 0 bridgehead atoms. The second-order valence-electron chi connectivity index (χ2n) is 6.04. The Morgan fingerprint density at radius 3 is 2.92 bits per heavy atom. The molecule has 3 aromatic heterocycles. The largest absolute Gasteiger partial charge is 0.317 e. The van der Waals surface area contributed by atoms with E-state index in [2.05, 4.69) is 31.9 Å². The molecule has 128 valence electrons. The Morgan fingerprint density at radius 2 is 2.12 bits per heavy atom. The molecule has 7 nitrogen and oxygen atoms in total. The number of hydrogen-bond donors (Lipinski definition) is 2. The molecule has 0 atom stereocenters. The topological polar surface area (TPSA) is 84.2 Å². The maximum absolute atomic E-state index is 13.7. The van der Waals surface area contributed by atoms with Crippen LogP contribution in [0.25, 0.3) is 5.65 Å². The van der Waals surface area contributed by atoms with Crippen molar-refractivity contribution in [3.63, 3.8) is 0 Å². The third kappa shape index (κ3) is 3.08. The highest BCUT2D eigenvalue weighted by Gasteiger charge is 2.19. The standard InChI is InChI=1S/C17H17FN6O/c18-13-5-8-21-23-16(13)22-17(25)14-9-20-15-2-1-12(10-24(14)15)11-3-6-19-7-4-11/h1-2,5,8-11,19H,3-4,6-7H2,(H,22,23,25). The lowest BCUT2D eigenvalue weighted by Gasteiger charge is -2.23. The van der Waals surface area contributed by atoms with Gasteiger partial charge in [-0.1, -0.05) is 6.07 Å². The zero-order valence-electron chi connectivity index (χ0n) is 13.4. The third-order valence-electron chi connectivity index (χ3n) is 4.48. The predicted molar refractivity (Wildman–Crippen MR) is 90.0 cm³/mol. The highest BCUT2D eigenvalue weighted by molar-refractivity contribution is 6.03. The maximum atomic E-state index is 13.7. The Bertz CT molecular complexity index is 918. The number of nitrogens with zero attached hydrogens (tertiary/aromatic N) is 4. The van der Waals surface area contributed by atoms with Crippen LogP contribution in [0.2, 0.25) is 0 Å². The van der Waals surface area contributed by atoms with E-state index in [9.17, 15) is 9.18 Å². The van der Waals surface area contributed by atoms with Crippen molar-refractivity contribution in [2.24, 2.45) is 0 Å². The summed E-state index contributed by atoms with van der Waals surface area (Å²) in [6.07, 6.45) is 6.77. The lowest BCUT2D eigenvalue weighted by Crippen LogP contribution is -2.26. The number of piperidine rings is 1. The van der Waals surface area contributed by atoms with Gasteiger partial charge >= 0.3 is 0 Å². The quantitative estimate of drug-likeness (QED) is 0.762. The molecule has 1 saturated heterocycles. The smallest absolute Gasteiger partial charge is 0.275 e. The van der Waals surface area contributed by atoms with Gasteiger partial charge in [0.15, 0.2) is 11.6 Å². The van der Waals surface area contributed by atoms with Crippen molar-refractivity contribution in [2.75, 3.05) is 18.4 Å². The van der Waals surface area contributed by atoms with E-state index >= 15 is 0 Å². The number of anilines is 1. The van der Waals surface area contributed by atoms with Crippen LogP contribution in [0.15, 0.2) is 36.8 Å². The van der Waals surface area contributed by atoms with E-state index in [0.717, 1.165) is 32.0 Å². The van der Waals surface area contributed by atoms with Crippen molar-refractivity contribution in [1.82, 2.24) is 24.9 Å². The first-order valence-electron chi connectivity index (χ1n) is 8.18. The number of nitrogens with one attached hydrogen (secondary N) is 2. The Morgan fingerprint density at radius 1 is 1.28 bits per heavy atom. The zero-order valence-corrected chi connectivity index (χ0v) is 13.4. The van der Waals surface area contributed by atoms with Gasteiger partial charge in [-0.2, -0.15) is 5.10 Å². The molecule has 1 fully saturated rings. The van der Waals surface area contributed by atoms with Crippen LogP contribution in [-0.2, 0) is 0 Å². The van der Waals surface area contributed by atoms with Crippen molar-refractivity contribution in [1.29, 1.82) is 0 Å². The summed E-state index contributed by atoms with van der Waals surface area (Å²) in [5, 5.41) is 13.0. The van der Waals surface area contributed by atoms with Gasteiger partial charge in [-0.05, 0) is 49.5 Å². The SMILES string of the molecule is O=C(Nc1nnccc1F)c1cnc2ccc(C3CCNCC3)cn12. The summed E-state index contributed by atoms with van der Waals surface area (Å²) in [6.45, 7) is 1.98. The molecule has 25 heavy (non-hydrogen) atoms. The summed E-state index contributed by atoms with van der Waals surface area (Å²) in [4.78, 5) is 16.8. The monoisotopic (exact) mass is 340 g/mol. The summed E-state index contributed by atoms with van der Waals surface area (Å²) in [5.41, 5.74) is 2.17. The van der Waals surface area contributed by atoms with Crippen LogP contribution in [0.4, 0.5) is 10.2 Å². The molecule has 3 aromatic rings. The summed E-state index contributed by atoms with van der Waals surface area (Å²) < 4.78 is 15.4. The Hall–Kier alpha value is -2.87. The highest BCUT2D eigenvalue weighted by Crippen LogP contribution is 2.25. The summed E-state index contributed by atoms with van der Waals surface area (Å²) in [6, 6.07) is 5.10.